The third-order valence-electron chi connectivity index (χ3n) is 3.64. The second kappa shape index (κ2) is 6.80. The van der Waals surface area contributed by atoms with E-state index in [1.165, 1.54) is 0 Å². The Morgan fingerprint density at radius 3 is 2.30 bits per heavy atom. The van der Waals surface area contributed by atoms with Crippen LogP contribution in [0.1, 0.15) is 51.1 Å². The minimum absolute atomic E-state index is 0.487. The molecule has 0 spiro atoms. The second-order valence-corrected chi connectivity index (χ2v) is 5.62. The molecule has 0 saturated carbocycles. The molecule has 0 fully saturated rings. The highest BCUT2D eigenvalue weighted by Crippen LogP contribution is 2.36. The minimum Gasteiger partial charge on any atom is -0.382 e. The van der Waals surface area contributed by atoms with Crippen molar-refractivity contribution in [2.24, 2.45) is 0 Å². The summed E-state index contributed by atoms with van der Waals surface area (Å²) in [5, 5.41) is 8.10. The summed E-state index contributed by atoms with van der Waals surface area (Å²) in [5.74, 6) is 1.06. The number of halogens is 1. The standard InChI is InChI=1S/C16H22ClN3/c1-3-5-12(6-4-2)15-14(16(18)20-19-15)11-7-9-13(17)10-8-11/h7-10,12H,3-6H2,1-2H3,(H3,18,19,20). The molecule has 0 aliphatic rings. The second-order valence-electron chi connectivity index (χ2n) is 5.18. The van der Waals surface area contributed by atoms with Crippen LogP contribution in [0.25, 0.3) is 11.1 Å². The number of hydrogen-bond acceptors (Lipinski definition) is 2. The third-order valence-corrected chi connectivity index (χ3v) is 3.89. The molecule has 1 aromatic carbocycles. The summed E-state index contributed by atoms with van der Waals surface area (Å²) in [6.45, 7) is 4.43. The van der Waals surface area contributed by atoms with Crippen molar-refractivity contribution in [2.45, 2.75) is 45.4 Å². The lowest BCUT2D eigenvalue weighted by molar-refractivity contribution is 0.548. The smallest absolute Gasteiger partial charge is 0.153 e. The number of aromatic amines is 1. The Labute approximate surface area is 125 Å². The maximum absolute atomic E-state index is 6.07. The number of nitrogens with one attached hydrogen (secondary N) is 1. The van der Waals surface area contributed by atoms with E-state index in [0.29, 0.717) is 11.7 Å². The van der Waals surface area contributed by atoms with Gasteiger partial charge in [-0.15, -0.1) is 0 Å². The van der Waals surface area contributed by atoms with E-state index >= 15 is 0 Å². The van der Waals surface area contributed by atoms with Crippen LogP contribution in [0.2, 0.25) is 5.02 Å². The van der Waals surface area contributed by atoms with Gasteiger partial charge < -0.3 is 5.73 Å². The first-order chi connectivity index (χ1) is 9.67. The maximum atomic E-state index is 6.07. The molecule has 0 radical (unpaired) electrons. The van der Waals surface area contributed by atoms with Gasteiger partial charge in [0.2, 0.25) is 0 Å². The van der Waals surface area contributed by atoms with Crippen LogP contribution in [0.15, 0.2) is 24.3 Å². The Morgan fingerprint density at radius 1 is 1.15 bits per heavy atom. The molecule has 3 N–H and O–H groups in total. The zero-order valence-electron chi connectivity index (χ0n) is 12.1. The first-order valence-corrected chi connectivity index (χ1v) is 7.64. The lowest BCUT2D eigenvalue weighted by Crippen LogP contribution is -2.01. The lowest BCUT2D eigenvalue weighted by Gasteiger charge is -2.16. The summed E-state index contributed by atoms with van der Waals surface area (Å²) in [6.07, 6.45) is 4.61. The Bertz CT molecular complexity index is 539. The lowest BCUT2D eigenvalue weighted by atomic mass is 9.90. The topological polar surface area (TPSA) is 54.7 Å². The molecule has 1 heterocycles. The monoisotopic (exact) mass is 291 g/mol. The van der Waals surface area contributed by atoms with E-state index in [-0.39, 0.29) is 0 Å². The van der Waals surface area contributed by atoms with Gasteiger partial charge in [-0.05, 0) is 30.5 Å². The van der Waals surface area contributed by atoms with Crippen molar-refractivity contribution < 1.29 is 0 Å². The Morgan fingerprint density at radius 2 is 1.75 bits per heavy atom. The van der Waals surface area contributed by atoms with Crippen molar-refractivity contribution >= 4 is 17.4 Å². The van der Waals surface area contributed by atoms with Gasteiger partial charge in [-0.2, -0.15) is 5.10 Å². The van der Waals surface area contributed by atoms with E-state index < -0.39 is 0 Å². The molecule has 3 nitrogen and oxygen atoms in total. The highest BCUT2D eigenvalue weighted by Gasteiger charge is 2.20. The van der Waals surface area contributed by atoms with Crippen LogP contribution in [0.3, 0.4) is 0 Å². The van der Waals surface area contributed by atoms with Crippen molar-refractivity contribution in [3.8, 4) is 11.1 Å². The summed E-state index contributed by atoms with van der Waals surface area (Å²) >= 11 is 5.96. The van der Waals surface area contributed by atoms with E-state index in [9.17, 15) is 0 Å². The molecule has 1 aromatic heterocycles. The Hall–Kier alpha value is -1.48. The van der Waals surface area contributed by atoms with Gasteiger partial charge in [0, 0.05) is 22.2 Å². The number of anilines is 1. The Kier molecular flexibility index (Phi) is 5.07. The zero-order valence-corrected chi connectivity index (χ0v) is 12.9. The fourth-order valence-corrected chi connectivity index (χ4v) is 2.84. The highest BCUT2D eigenvalue weighted by atomic mass is 35.5. The van der Waals surface area contributed by atoms with Crippen LogP contribution in [0, 0.1) is 0 Å². The van der Waals surface area contributed by atoms with Gasteiger partial charge >= 0.3 is 0 Å². The highest BCUT2D eigenvalue weighted by molar-refractivity contribution is 6.30. The SMILES string of the molecule is CCCC(CCC)c1[nH]nc(N)c1-c1ccc(Cl)cc1. The van der Waals surface area contributed by atoms with Gasteiger partial charge in [-0.3, -0.25) is 5.10 Å². The Balaban J connectivity index is 2.42. The average molecular weight is 292 g/mol. The van der Waals surface area contributed by atoms with E-state index in [1.807, 2.05) is 24.3 Å². The number of H-pyrrole nitrogens is 1. The van der Waals surface area contributed by atoms with Crippen molar-refractivity contribution in [2.75, 3.05) is 5.73 Å². The summed E-state index contributed by atoms with van der Waals surface area (Å²) < 4.78 is 0. The molecule has 108 valence electrons. The van der Waals surface area contributed by atoms with Crippen molar-refractivity contribution in [3.63, 3.8) is 0 Å². The molecule has 0 aliphatic heterocycles. The molecule has 0 amide bonds. The predicted octanol–water partition coefficient (Wildman–Crippen LogP) is 5.00. The third kappa shape index (κ3) is 3.15. The van der Waals surface area contributed by atoms with Gasteiger partial charge in [0.05, 0.1) is 0 Å². The average Bonchev–Trinajstić information content (AvgIpc) is 2.81. The van der Waals surface area contributed by atoms with E-state index in [2.05, 4.69) is 24.0 Å². The number of benzene rings is 1. The largest absolute Gasteiger partial charge is 0.382 e. The van der Waals surface area contributed by atoms with Gasteiger partial charge in [0.25, 0.3) is 0 Å². The van der Waals surface area contributed by atoms with Gasteiger partial charge in [-0.25, -0.2) is 0 Å². The van der Waals surface area contributed by atoms with Crippen LogP contribution < -0.4 is 5.73 Å². The van der Waals surface area contributed by atoms with Crippen molar-refractivity contribution in [3.05, 3.63) is 35.0 Å². The molecular formula is C16H22ClN3. The number of rotatable bonds is 6. The summed E-state index contributed by atoms with van der Waals surface area (Å²) in [4.78, 5) is 0. The number of aromatic nitrogens is 2. The van der Waals surface area contributed by atoms with Crippen LogP contribution >= 0.6 is 11.6 Å². The predicted molar refractivity (Wildman–Crippen MR) is 86.0 cm³/mol. The zero-order chi connectivity index (χ0) is 14.5. The van der Waals surface area contributed by atoms with Gasteiger partial charge in [0.1, 0.15) is 0 Å². The van der Waals surface area contributed by atoms with Crippen molar-refractivity contribution in [1.29, 1.82) is 0 Å². The first-order valence-electron chi connectivity index (χ1n) is 7.27. The summed E-state index contributed by atoms with van der Waals surface area (Å²) in [6, 6.07) is 7.79. The number of nitrogen functional groups attached to an aromatic ring is 1. The van der Waals surface area contributed by atoms with E-state index in [1.54, 1.807) is 0 Å². The fourth-order valence-electron chi connectivity index (χ4n) is 2.72. The fraction of sp³-hybridized carbons (Fsp3) is 0.438. The molecule has 2 rings (SSSR count). The number of nitrogens with zero attached hydrogens (tertiary/aromatic N) is 1. The maximum Gasteiger partial charge on any atom is 0.153 e. The van der Waals surface area contributed by atoms with Gasteiger partial charge in [-0.1, -0.05) is 50.4 Å². The van der Waals surface area contributed by atoms with Crippen LogP contribution in [-0.4, -0.2) is 10.2 Å². The van der Waals surface area contributed by atoms with Crippen molar-refractivity contribution in [1.82, 2.24) is 10.2 Å². The molecule has 0 saturated heterocycles. The normalized spacial score (nSPS) is 11.2. The molecular weight excluding hydrogens is 270 g/mol. The number of hydrogen-bond donors (Lipinski definition) is 2. The molecule has 20 heavy (non-hydrogen) atoms. The number of nitrogens with two attached hydrogens (primary N) is 1. The molecule has 4 heteroatoms. The van der Waals surface area contributed by atoms with Gasteiger partial charge in [0.15, 0.2) is 5.82 Å². The summed E-state index contributed by atoms with van der Waals surface area (Å²) in [5.41, 5.74) is 9.34. The quantitative estimate of drug-likeness (QED) is 0.787. The minimum atomic E-state index is 0.487. The van der Waals surface area contributed by atoms with E-state index in [0.717, 1.165) is 47.5 Å². The van der Waals surface area contributed by atoms with E-state index in [4.69, 9.17) is 17.3 Å². The molecule has 0 aliphatic carbocycles. The molecule has 2 aromatic rings. The summed E-state index contributed by atoms with van der Waals surface area (Å²) in [7, 11) is 0. The molecule has 0 atom stereocenters. The van der Waals surface area contributed by atoms with Crippen LogP contribution in [0.5, 0.6) is 0 Å². The van der Waals surface area contributed by atoms with Crippen LogP contribution in [-0.2, 0) is 0 Å². The molecule has 0 bridgehead atoms. The molecule has 0 unspecified atom stereocenters. The first kappa shape index (κ1) is 14.9. The van der Waals surface area contributed by atoms with Crippen LogP contribution in [0.4, 0.5) is 5.82 Å².